The average Bonchev–Trinajstić information content (AvgIpc) is 1.84. The van der Waals surface area contributed by atoms with Gasteiger partial charge < -0.3 is 0 Å². The summed E-state index contributed by atoms with van der Waals surface area (Å²) in [5.41, 5.74) is 0. The second-order valence-corrected chi connectivity index (χ2v) is 7.84. The lowest BCUT2D eigenvalue weighted by molar-refractivity contribution is 0.600. The van der Waals surface area contributed by atoms with Crippen LogP contribution in [0.5, 0.6) is 0 Å². The van der Waals surface area contributed by atoms with Gasteiger partial charge in [-0.25, -0.2) is 8.42 Å². The minimum atomic E-state index is -2.87. The highest BCUT2D eigenvalue weighted by atomic mass is 32.2. The highest BCUT2D eigenvalue weighted by Gasteiger charge is 2.13. The quantitative estimate of drug-likeness (QED) is 0.707. The zero-order valence-electron chi connectivity index (χ0n) is 7.96. The van der Waals surface area contributed by atoms with Crippen molar-refractivity contribution in [3.05, 3.63) is 6.92 Å². The molecule has 12 heavy (non-hydrogen) atoms. The van der Waals surface area contributed by atoms with Crippen molar-refractivity contribution in [2.45, 2.75) is 25.5 Å². The van der Waals surface area contributed by atoms with E-state index in [1.807, 2.05) is 0 Å². The second-order valence-electron chi connectivity index (χ2n) is 3.61. The van der Waals surface area contributed by atoms with E-state index < -0.39 is 9.84 Å². The monoisotopic (exact) mass is 209 g/mol. The van der Waals surface area contributed by atoms with Crippen LogP contribution >= 0.6 is 11.8 Å². The first kappa shape index (κ1) is 12.3. The Morgan fingerprint density at radius 3 is 2.17 bits per heavy atom. The van der Waals surface area contributed by atoms with E-state index in [1.165, 1.54) is 0 Å². The first-order valence-corrected chi connectivity index (χ1v) is 6.71. The van der Waals surface area contributed by atoms with Crippen LogP contribution in [0.1, 0.15) is 20.8 Å². The maximum Gasteiger partial charge on any atom is 0.151 e. The van der Waals surface area contributed by atoms with Crippen molar-refractivity contribution in [3.63, 3.8) is 0 Å². The van der Waals surface area contributed by atoms with Gasteiger partial charge in [0.1, 0.15) is 0 Å². The molecular formula is C8H17O2S2. The summed E-state index contributed by atoms with van der Waals surface area (Å²) in [5.74, 6) is 0.928. The van der Waals surface area contributed by atoms with Gasteiger partial charge in [0, 0.05) is 10.5 Å². The Bertz CT molecular complexity index is 212. The fourth-order valence-corrected chi connectivity index (χ4v) is 2.74. The van der Waals surface area contributed by atoms with Gasteiger partial charge >= 0.3 is 0 Å². The van der Waals surface area contributed by atoms with Crippen LogP contribution in [0.15, 0.2) is 0 Å². The topological polar surface area (TPSA) is 34.1 Å². The van der Waals surface area contributed by atoms with Crippen LogP contribution in [0.2, 0.25) is 0 Å². The van der Waals surface area contributed by atoms with E-state index in [-0.39, 0.29) is 16.3 Å². The summed E-state index contributed by atoms with van der Waals surface area (Å²) in [7, 11) is -2.87. The van der Waals surface area contributed by atoms with E-state index in [9.17, 15) is 8.42 Å². The van der Waals surface area contributed by atoms with Gasteiger partial charge in [-0.2, -0.15) is 11.8 Å². The Kier molecular flexibility index (Phi) is 4.62. The van der Waals surface area contributed by atoms with Crippen LogP contribution in [0.4, 0.5) is 0 Å². The lowest BCUT2D eigenvalue weighted by atomic mass is 10.3. The number of rotatable bonds is 4. The van der Waals surface area contributed by atoms with E-state index in [1.54, 1.807) is 11.8 Å². The first-order valence-electron chi connectivity index (χ1n) is 3.90. The van der Waals surface area contributed by atoms with Crippen LogP contribution in [0.3, 0.4) is 0 Å². The fraction of sp³-hybridized carbons (Fsp3) is 0.875. The lowest BCUT2D eigenvalue weighted by Crippen LogP contribution is -2.15. The van der Waals surface area contributed by atoms with Gasteiger partial charge in [-0.05, 0) is 6.92 Å². The fourth-order valence-electron chi connectivity index (χ4n) is 0.577. The van der Waals surface area contributed by atoms with Crippen LogP contribution in [-0.2, 0) is 9.84 Å². The van der Waals surface area contributed by atoms with Gasteiger partial charge in [-0.1, -0.05) is 20.8 Å². The predicted molar refractivity (Wildman–Crippen MR) is 56.2 cm³/mol. The van der Waals surface area contributed by atoms with Crippen molar-refractivity contribution >= 4 is 21.6 Å². The molecule has 0 aliphatic heterocycles. The summed E-state index contributed by atoms with van der Waals surface area (Å²) in [6.07, 6.45) is 0. The highest BCUT2D eigenvalue weighted by Crippen LogP contribution is 2.22. The maximum atomic E-state index is 11.0. The van der Waals surface area contributed by atoms with Crippen molar-refractivity contribution in [2.75, 3.05) is 17.3 Å². The van der Waals surface area contributed by atoms with Crippen molar-refractivity contribution in [2.24, 2.45) is 0 Å². The predicted octanol–water partition coefficient (Wildman–Crippen LogP) is 1.77. The third kappa shape index (κ3) is 6.98. The Balaban J connectivity index is 3.73. The highest BCUT2D eigenvalue weighted by molar-refractivity contribution is 8.01. The molecule has 0 heterocycles. The molecule has 0 aromatic carbocycles. The Morgan fingerprint density at radius 1 is 1.33 bits per heavy atom. The molecule has 0 rings (SSSR count). The summed E-state index contributed by atoms with van der Waals surface area (Å²) in [4.78, 5) is 0. The van der Waals surface area contributed by atoms with Gasteiger partial charge in [0.05, 0.1) is 11.5 Å². The molecule has 4 heteroatoms. The lowest BCUT2D eigenvalue weighted by Gasteiger charge is -2.16. The summed E-state index contributed by atoms with van der Waals surface area (Å²) >= 11 is 1.67. The molecule has 0 atom stereocenters. The largest absolute Gasteiger partial charge is 0.229 e. The van der Waals surface area contributed by atoms with E-state index in [0.717, 1.165) is 0 Å². The van der Waals surface area contributed by atoms with Crippen LogP contribution < -0.4 is 0 Å². The molecule has 2 nitrogen and oxygen atoms in total. The Morgan fingerprint density at radius 2 is 1.83 bits per heavy atom. The van der Waals surface area contributed by atoms with Crippen molar-refractivity contribution in [3.8, 4) is 0 Å². The van der Waals surface area contributed by atoms with Gasteiger partial charge in [0.25, 0.3) is 0 Å². The average molecular weight is 209 g/mol. The van der Waals surface area contributed by atoms with Crippen molar-refractivity contribution in [1.29, 1.82) is 0 Å². The van der Waals surface area contributed by atoms with Crippen molar-refractivity contribution in [1.82, 2.24) is 0 Å². The normalized spacial score (nSPS) is 13.3. The second kappa shape index (κ2) is 4.51. The molecule has 0 saturated heterocycles. The van der Waals surface area contributed by atoms with Gasteiger partial charge in [0.2, 0.25) is 0 Å². The summed E-state index contributed by atoms with van der Waals surface area (Å²) < 4.78 is 22.2. The molecule has 0 aliphatic carbocycles. The molecule has 0 bridgehead atoms. The van der Waals surface area contributed by atoms with Crippen LogP contribution in [-0.4, -0.2) is 30.4 Å². The molecule has 73 valence electrons. The molecule has 0 aromatic rings. The molecule has 0 saturated carbocycles. The van der Waals surface area contributed by atoms with E-state index >= 15 is 0 Å². The number of hydrogen-bond acceptors (Lipinski definition) is 3. The summed E-state index contributed by atoms with van der Waals surface area (Å²) in [5, 5.41) is 0. The van der Waals surface area contributed by atoms with Gasteiger partial charge in [0.15, 0.2) is 9.84 Å². The molecule has 0 fully saturated rings. The molecule has 0 aliphatic rings. The molecule has 1 radical (unpaired) electrons. The maximum absolute atomic E-state index is 11.0. The molecule has 0 spiro atoms. The van der Waals surface area contributed by atoms with Gasteiger partial charge in [-0.15, -0.1) is 0 Å². The molecule has 0 N–H and O–H groups in total. The number of thioether (sulfide) groups is 1. The third-order valence-electron chi connectivity index (χ3n) is 1.24. The minimum Gasteiger partial charge on any atom is -0.229 e. The molecule has 0 unspecified atom stereocenters. The van der Waals surface area contributed by atoms with E-state index in [0.29, 0.717) is 5.75 Å². The summed E-state index contributed by atoms with van der Waals surface area (Å²) in [6.45, 7) is 9.61. The standard InChI is InChI=1S/C8H17O2S2/c1-5-12(9,10)7-6-11-8(2,3)4/h1,5-7H2,2-4H3. The SMILES string of the molecule is [CH2]CS(=O)(=O)CCSC(C)(C)C. The van der Waals surface area contributed by atoms with E-state index in [2.05, 4.69) is 27.7 Å². The first-order chi connectivity index (χ1) is 5.27. The molecule has 0 amide bonds. The Labute approximate surface area is 80.0 Å². The zero-order chi connectivity index (χ0) is 9.83. The Hall–Kier alpha value is 0.300. The third-order valence-corrected chi connectivity index (χ3v) is 4.22. The van der Waals surface area contributed by atoms with Crippen LogP contribution in [0, 0.1) is 6.92 Å². The summed E-state index contributed by atoms with van der Waals surface area (Å²) in [6, 6.07) is 0. The van der Waals surface area contributed by atoms with Gasteiger partial charge in [-0.3, -0.25) is 0 Å². The zero-order valence-corrected chi connectivity index (χ0v) is 9.59. The van der Waals surface area contributed by atoms with Crippen LogP contribution in [0.25, 0.3) is 0 Å². The smallest absolute Gasteiger partial charge is 0.151 e. The molecule has 0 aromatic heterocycles. The number of hydrogen-bond donors (Lipinski definition) is 0. The minimum absolute atomic E-state index is 0.0116. The molecular weight excluding hydrogens is 192 g/mol. The van der Waals surface area contributed by atoms with Crippen molar-refractivity contribution < 1.29 is 8.42 Å². The number of sulfone groups is 1. The van der Waals surface area contributed by atoms with E-state index in [4.69, 9.17) is 0 Å².